The molecule has 1 N–H and O–H groups in total. The summed E-state index contributed by atoms with van der Waals surface area (Å²) < 4.78 is 0. The van der Waals surface area contributed by atoms with Crippen LogP contribution in [0.15, 0.2) is 48.7 Å². The lowest BCUT2D eigenvalue weighted by Crippen LogP contribution is -2.50. The van der Waals surface area contributed by atoms with Gasteiger partial charge in [-0.1, -0.05) is 18.2 Å². The van der Waals surface area contributed by atoms with Gasteiger partial charge in [0.15, 0.2) is 0 Å². The molecule has 1 saturated heterocycles. The highest BCUT2D eigenvalue weighted by Crippen LogP contribution is 2.23. The van der Waals surface area contributed by atoms with Crippen LogP contribution in [0.3, 0.4) is 0 Å². The molecule has 1 fully saturated rings. The number of H-pyrrole nitrogens is 1. The average molecular weight is 313 g/mol. The molecule has 1 aromatic carbocycles. The number of nitrogens with one attached hydrogen (secondary N) is 1. The number of rotatable bonds is 3. The summed E-state index contributed by atoms with van der Waals surface area (Å²) in [4.78, 5) is 29.8. The Bertz CT molecular complexity index is 712. The SMILES string of the molecule is O=C(c1ccccc1)N1CCN(c2[nH+]cccc2[N+](=O)[O-])CC1. The Morgan fingerprint density at radius 2 is 1.74 bits per heavy atom. The van der Waals surface area contributed by atoms with Gasteiger partial charge >= 0.3 is 11.5 Å². The van der Waals surface area contributed by atoms with Gasteiger partial charge in [0.05, 0.1) is 24.2 Å². The molecule has 2 aromatic rings. The summed E-state index contributed by atoms with van der Waals surface area (Å²) in [5.41, 5.74) is 0.716. The molecule has 118 valence electrons. The molecule has 0 spiro atoms. The van der Waals surface area contributed by atoms with Crippen LogP contribution in [-0.4, -0.2) is 41.9 Å². The van der Waals surface area contributed by atoms with E-state index in [-0.39, 0.29) is 11.6 Å². The maximum atomic E-state index is 12.4. The number of nitro groups is 1. The summed E-state index contributed by atoms with van der Waals surface area (Å²) in [5, 5.41) is 11.1. The van der Waals surface area contributed by atoms with E-state index in [1.165, 1.54) is 6.07 Å². The zero-order valence-corrected chi connectivity index (χ0v) is 12.5. The van der Waals surface area contributed by atoms with E-state index in [1.54, 1.807) is 29.3 Å². The molecule has 7 heteroatoms. The number of aromatic amines is 1. The number of benzene rings is 1. The normalized spacial score (nSPS) is 14.6. The van der Waals surface area contributed by atoms with Crippen molar-refractivity contribution in [2.24, 2.45) is 0 Å². The van der Waals surface area contributed by atoms with Crippen LogP contribution in [0.4, 0.5) is 11.5 Å². The zero-order valence-electron chi connectivity index (χ0n) is 12.5. The molecular formula is C16H17N4O3+. The van der Waals surface area contributed by atoms with Crippen molar-refractivity contribution in [3.63, 3.8) is 0 Å². The van der Waals surface area contributed by atoms with Crippen LogP contribution in [-0.2, 0) is 0 Å². The fraction of sp³-hybridized carbons (Fsp3) is 0.250. The minimum atomic E-state index is -0.396. The maximum Gasteiger partial charge on any atom is 0.357 e. The fourth-order valence-electron chi connectivity index (χ4n) is 2.72. The number of anilines is 1. The number of pyridine rings is 1. The van der Waals surface area contributed by atoms with Gasteiger partial charge in [-0.05, 0) is 18.2 Å². The molecule has 1 amide bonds. The van der Waals surface area contributed by atoms with Crippen molar-refractivity contribution in [3.8, 4) is 0 Å². The third-order valence-electron chi connectivity index (χ3n) is 3.91. The van der Waals surface area contributed by atoms with Crippen molar-refractivity contribution >= 4 is 17.4 Å². The van der Waals surface area contributed by atoms with Crippen LogP contribution in [0.25, 0.3) is 0 Å². The quantitative estimate of drug-likeness (QED) is 0.633. The number of hydrogen-bond acceptors (Lipinski definition) is 4. The molecule has 0 bridgehead atoms. The smallest absolute Gasteiger partial charge is 0.331 e. The second kappa shape index (κ2) is 6.43. The zero-order chi connectivity index (χ0) is 16.2. The lowest BCUT2D eigenvalue weighted by atomic mass is 10.2. The van der Waals surface area contributed by atoms with Crippen LogP contribution in [0, 0.1) is 10.1 Å². The number of amides is 1. The third-order valence-corrected chi connectivity index (χ3v) is 3.91. The van der Waals surface area contributed by atoms with Gasteiger partial charge in [-0.3, -0.25) is 19.8 Å². The number of carbonyl (C=O) groups is 1. The van der Waals surface area contributed by atoms with E-state index in [0.717, 1.165) is 0 Å². The number of aromatic nitrogens is 1. The molecule has 1 aliphatic heterocycles. The summed E-state index contributed by atoms with van der Waals surface area (Å²) in [5.74, 6) is 0.487. The molecule has 1 aromatic heterocycles. The van der Waals surface area contributed by atoms with E-state index in [2.05, 4.69) is 4.98 Å². The summed E-state index contributed by atoms with van der Waals surface area (Å²) in [6, 6.07) is 12.2. The van der Waals surface area contributed by atoms with E-state index >= 15 is 0 Å². The predicted molar refractivity (Wildman–Crippen MR) is 84.2 cm³/mol. The minimum Gasteiger partial charge on any atom is -0.331 e. The highest BCUT2D eigenvalue weighted by atomic mass is 16.6. The second-order valence-corrected chi connectivity index (χ2v) is 5.31. The van der Waals surface area contributed by atoms with Crippen molar-refractivity contribution in [2.75, 3.05) is 31.1 Å². The van der Waals surface area contributed by atoms with Gasteiger partial charge < -0.3 is 4.90 Å². The van der Waals surface area contributed by atoms with E-state index in [9.17, 15) is 14.9 Å². The van der Waals surface area contributed by atoms with E-state index in [0.29, 0.717) is 37.6 Å². The Labute approximate surface area is 133 Å². The molecule has 7 nitrogen and oxygen atoms in total. The molecule has 0 aliphatic carbocycles. The van der Waals surface area contributed by atoms with Crippen LogP contribution in [0.2, 0.25) is 0 Å². The van der Waals surface area contributed by atoms with Crippen molar-refractivity contribution < 1.29 is 14.7 Å². The number of hydrogen-bond donors (Lipinski definition) is 0. The monoisotopic (exact) mass is 313 g/mol. The first kappa shape index (κ1) is 15.0. The van der Waals surface area contributed by atoms with Gasteiger partial charge in [0.25, 0.3) is 5.91 Å². The van der Waals surface area contributed by atoms with Gasteiger partial charge in [0.1, 0.15) is 13.1 Å². The topological polar surface area (TPSA) is 80.8 Å². The van der Waals surface area contributed by atoms with Gasteiger partial charge in [-0.2, -0.15) is 0 Å². The largest absolute Gasteiger partial charge is 0.357 e. The molecule has 1 aliphatic rings. The van der Waals surface area contributed by atoms with Gasteiger partial charge in [-0.25, -0.2) is 4.98 Å². The summed E-state index contributed by atoms with van der Waals surface area (Å²) >= 11 is 0. The molecule has 0 radical (unpaired) electrons. The molecule has 0 atom stereocenters. The Balaban J connectivity index is 1.70. The number of carbonyl (C=O) groups excluding carboxylic acids is 1. The maximum absolute atomic E-state index is 12.4. The average Bonchev–Trinajstić information content (AvgIpc) is 2.62. The second-order valence-electron chi connectivity index (χ2n) is 5.31. The Morgan fingerprint density at radius 3 is 2.39 bits per heavy atom. The summed E-state index contributed by atoms with van der Waals surface area (Å²) in [7, 11) is 0. The van der Waals surface area contributed by atoms with Crippen molar-refractivity contribution in [1.82, 2.24) is 4.90 Å². The van der Waals surface area contributed by atoms with Crippen LogP contribution < -0.4 is 9.88 Å². The predicted octanol–water partition coefficient (Wildman–Crippen LogP) is 1.37. The molecule has 23 heavy (non-hydrogen) atoms. The van der Waals surface area contributed by atoms with Crippen molar-refractivity contribution in [3.05, 3.63) is 64.3 Å². The number of nitrogens with zero attached hydrogens (tertiary/aromatic N) is 3. The minimum absolute atomic E-state index is 0.00297. The van der Waals surface area contributed by atoms with Gasteiger partial charge in [-0.15, -0.1) is 0 Å². The summed E-state index contributed by atoms with van der Waals surface area (Å²) in [6.45, 7) is 2.18. The van der Waals surface area contributed by atoms with E-state index in [4.69, 9.17) is 0 Å². The first-order chi connectivity index (χ1) is 11.2. The van der Waals surface area contributed by atoms with Gasteiger partial charge in [0.2, 0.25) is 0 Å². The van der Waals surface area contributed by atoms with Crippen LogP contribution in [0.5, 0.6) is 0 Å². The lowest BCUT2D eigenvalue weighted by Gasteiger charge is -2.30. The van der Waals surface area contributed by atoms with Gasteiger partial charge in [0, 0.05) is 11.6 Å². The fourth-order valence-corrected chi connectivity index (χ4v) is 2.72. The standard InChI is InChI=1S/C16H16N4O3/c21-16(13-5-2-1-3-6-13)19-11-9-18(10-12-19)15-14(20(22)23)7-4-8-17-15/h1-8H,9-12H2/p+1. The highest BCUT2D eigenvalue weighted by Gasteiger charge is 2.32. The highest BCUT2D eigenvalue weighted by molar-refractivity contribution is 5.94. The first-order valence-electron chi connectivity index (χ1n) is 7.41. The Hall–Kier alpha value is -2.96. The first-order valence-corrected chi connectivity index (χ1v) is 7.41. The van der Waals surface area contributed by atoms with E-state index in [1.807, 2.05) is 23.1 Å². The molecule has 2 heterocycles. The summed E-state index contributed by atoms with van der Waals surface area (Å²) in [6.07, 6.45) is 1.67. The molecule has 3 rings (SSSR count). The number of piperazine rings is 1. The van der Waals surface area contributed by atoms with Crippen molar-refractivity contribution in [1.29, 1.82) is 0 Å². The third kappa shape index (κ3) is 3.13. The molecular weight excluding hydrogens is 296 g/mol. The van der Waals surface area contributed by atoms with Crippen LogP contribution in [0.1, 0.15) is 10.4 Å². The lowest BCUT2D eigenvalue weighted by molar-refractivity contribution is -0.411. The molecule has 0 unspecified atom stereocenters. The van der Waals surface area contributed by atoms with Crippen molar-refractivity contribution in [2.45, 2.75) is 0 Å². The Kier molecular flexibility index (Phi) is 4.18. The Morgan fingerprint density at radius 1 is 1.04 bits per heavy atom. The van der Waals surface area contributed by atoms with Crippen LogP contribution >= 0.6 is 0 Å². The molecule has 0 saturated carbocycles. The van der Waals surface area contributed by atoms with E-state index < -0.39 is 4.92 Å².